The highest BCUT2D eigenvalue weighted by atomic mass is 32.2. The molecule has 1 saturated heterocycles. The fourth-order valence-corrected chi connectivity index (χ4v) is 4.08. The number of nitrogens with one attached hydrogen (secondary N) is 1. The molecule has 1 fully saturated rings. The average molecular weight is 427 g/mol. The highest BCUT2D eigenvalue weighted by molar-refractivity contribution is 7.89. The Hall–Kier alpha value is -2.10. The highest BCUT2D eigenvalue weighted by Gasteiger charge is 2.35. The number of sulfonamides is 1. The molecule has 3 rings (SSSR count). The number of nitrogens with two attached hydrogens (primary N) is 1. The topological polar surface area (TPSA) is 75.4 Å². The second-order valence-electron chi connectivity index (χ2n) is 7.37. The van der Waals surface area contributed by atoms with Crippen molar-refractivity contribution in [1.82, 2.24) is 4.90 Å². The number of nitrogens with zero attached hydrogens (tertiary/aromatic N) is 1. The fourth-order valence-electron chi connectivity index (χ4n) is 3.54. The minimum atomic E-state index is -4.69. The molecule has 0 atom stereocenters. The molecule has 2 aromatic rings. The summed E-state index contributed by atoms with van der Waals surface area (Å²) in [7, 11) is -4.21. The Balaban J connectivity index is 1.68. The van der Waals surface area contributed by atoms with Crippen LogP contribution >= 0.6 is 0 Å². The summed E-state index contributed by atoms with van der Waals surface area (Å²) in [5, 5.41) is 7.92. The van der Waals surface area contributed by atoms with Crippen molar-refractivity contribution in [2.75, 3.05) is 18.4 Å². The maximum atomic E-state index is 13.4. The Morgan fingerprint density at radius 3 is 2.38 bits per heavy atom. The average Bonchev–Trinajstić information content (AvgIpc) is 2.64. The minimum Gasteiger partial charge on any atom is -0.382 e. The van der Waals surface area contributed by atoms with E-state index in [1.807, 2.05) is 12.1 Å². The van der Waals surface area contributed by atoms with Gasteiger partial charge >= 0.3 is 6.18 Å². The lowest BCUT2D eigenvalue weighted by molar-refractivity contribution is -0.137. The number of alkyl halides is 3. The van der Waals surface area contributed by atoms with Crippen molar-refractivity contribution in [2.45, 2.75) is 43.4 Å². The molecule has 9 heteroatoms. The Kier molecular flexibility index (Phi) is 6.21. The van der Waals surface area contributed by atoms with Crippen molar-refractivity contribution in [3.63, 3.8) is 0 Å². The number of hydrogen-bond donors (Lipinski definition) is 2. The molecule has 0 spiro atoms. The van der Waals surface area contributed by atoms with E-state index in [1.165, 1.54) is 11.1 Å². The van der Waals surface area contributed by atoms with Crippen molar-refractivity contribution in [2.24, 2.45) is 5.14 Å². The molecule has 3 N–H and O–H groups in total. The maximum absolute atomic E-state index is 13.4. The lowest BCUT2D eigenvalue weighted by Crippen LogP contribution is -2.39. The first-order valence-corrected chi connectivity index (χ1v) is 10.9. The second kappa shape index (κ2) is 8.33. The van der Waals surface area contributed by atoms with Crippen LogP contribution < -0.4 is 10.5 Å². The Labute approximate surface area is 168 Å². The predicted octanol–water partition coefficient (Wildman–Crippen LogP) is 3.74. The number of primary sulfonamides is 1. The smallest absolute Gasteiger partial charge is 0.382 e. The van der Waals surface area contributed by atoms with E-state index in [1.54, 1.807) is 0 Å². The van der Waals surface area contributed by atoms with Crippen molar-refractivity contribution in [3.8, 4) is 0 Å². The van der Waals surface area contributed by atoms with Gasteiger partial charge in [0.25, 0.3) is 0 Å². The van der Waals surface area contributed by atoms with Gasteiger partial charge in [0.2, 0.25) is 10.0 Å². The molecule has 0 unspecified atom stereocenters. The van der Waals surface area contributed by atoms with Gasteiger partial charge in [0.05, 0.1) is 10.5 Å². The van der Waals surface area contributed by atoms with Gasteiger partial charge in [0.15, 0.2) is 0 Å². The van der Waals surface area contributed by atoms with E-state index in [4.69, 9.17) is 5.14 Å². The predicted molar refractivity (Wildman–Crippen MR) is 106 cm³/mol. The van der Waals surface area contributed by atoms with Crippen LogP contribution in [0.15, 0.2) is 47.4 Å². The van der Waals surface area contributed by atoms with Crippen LogP contribution in [0.25, 0.3) is 0 Å². The zero-order chi connectivity index (χ0) is 21.2. The third-order valence-electron chi connectivity index (χ3n) is 5.23. The molecule has 0 amide bonds. The van der Waals surface area contributed by atoms with E-state index in [2.05, 4.69) is 29.3 Å². The van der Waals surface area contributed by atoms with Gasteiger partial charge in [0.1, 0.15) is 0 Å². The summed E-state index contributed by atoms with van der Waals surface area (Å²) in [6, 6.07) is 10.8. The van der Waals surface area contributed by atoms with Crippen molar-refractivity contribution < 1.29 is 21.6 Å². The Morgan fingerprint density at radius 2 is 1.79 bits per heavy atom. The van der Waals surface area contributed by atoms with Crippen LogP contribution in [0.3, 0.4) is 0 Å². The molecule has 1 aliphatic heterocycles. The summed E-state index contributed by atoms with van der Waals surface area (Å²) in [5.41, 5.74) is 1.32. The van der Waals surface area contributed by atoms with Gasteiger partial charge in [-0.2, -0.15) is 13.2 Å². The first-order chi connectivity index (χ1) is 13.5. The van der Waals surface area contributed by atoms with Crippen molar-refractivity contribution >= 4 is 15.7 Å². The zero-order valence-electron chi connectivity index (χ0n) is 16.0. The van der Waals surface area contributed by atoms with E-state index in [0.29, 0.717) is 18.9 Å². The number of halogens is 3. The molecule has 29 heavy (non-hydrogen) atoms. The van der Waals surface area contributed by atoms with Crippen LogP contribution in [0, 0.1) is 6.92 Å². The van der Waals surface area contributed by atoms with Crippen molar-refractivity contribution in [3.05, 3.63) is 59.2 Å². The van der Waals surface area contributed by atoms with Crippen LogP contribution in [-0.4, -0.2) is 32.4 Å². The number of likely N-dealkylation sites (tertiary alicyclic amines) is 1. The van der Waals surface area contributed by atoms with E-state index in [0.717, 1.165) is 31.8 Å². The molecule has 5 nitrogen and oxygen atoms in total. The first kappa shape index (κ1) is 21.6. The van der Waals surface area contributed by atoms with Gasteiger partial charge in [-0.1, -0.05) is 24.3 Å². The van der Waals surface area contributed by atoms with Gasteiger partial charge in [-0.05, 0) is 49.1 Å². The fraction of sp³-hybridized carbons (Fsp3) is 0.400. The lowest BCUT2D eigenvalue weighted by Gasteiger charge is -2.33. The maximum Gasteiger partial charge on any atom is 0.418 e. The number of aryl methyl sites for hydroxylation is 1. The monoisotopic (exact) mass is 427 g/mol. The van der Waals surface area contributed by atoms with E-state index < -0.39 is 26.7 Å². The van der Waals surface area contributed by atoms with Gasteiger partial charge in [-0.15, -0.1) is 0 Å². The van der Waals surface area contributed by atoms with Crippen LogP contribution in [0.2, 0.25) is 0 Å². The number of benzene rings is 2. The van der Waals surface area contributed by atoms with Crippen LogP contribution in [0.1, 0.15) is 29.5 Å². The number of piperidine rings is 1. The van der Waals surface area contributed by atoms with Crippen LogP contribution in [-0.2, 0) is 22.7 Å². The molecule has 0 aliphatic carbocycles. The van der Waals surface area contributed by atoms with E-state index in [-0.39, 0.29) is 11.7 Å². The standard InChI is InChI=1S/C20H24F3N3O2S/c1-14-4-2-3-5-15(14)13-26-10-8-16(9-11-26)25-19-7-6-17(29(24,27)28)12-18(19)20(21,22)23/h2-7,12,16,25H,8-11,13H2,1H3,(H2,24,27,28). The molecule has 0 saturated carbocycles. The number of hydrogen-bond acceptors (Lipinski definition) is 4. The SMILES string of the molecule is Cc1ccccc1CN1CCC(Nc2ccc(S(N)(=O)=O)cc2C(F)(F)F)CC1. The summed E-state index contributed by atoms with van der Waals surface area (Å²) < 4.78 is 63.1. The second-order valence-corrected chi connectivity index (χ2v) is 8.93. The van der Waals surface area contributed by atoms with Gasteiger partial charge in [-0.3, -0.25) is 4.90 Å². The van der Waals surface area contributed by atoms with Crippen LogP contribution in [0.4, 0.5) is 18.9 Å². The van der Waals surface area contributed by atoms with Gasteiger partial charge in [-0.25, -0.2) is 13.6 Å². The summed E-state index contributed by atoms with van der Waals surface area (Å²) in [4.78, 5) is 1.73. The van der Waals surface area contributed by atoms with E-state index in [9.17, 15) is 21.6 Å². The third kappa shape index (κ3) is 5.49. The molecular weight excluding hydrogens is 403 g/mol. The normalized spacial score (nSPS) is 16.7. The summed E-state index contributed by atoms with van der Waals surface area (Å²) in [6.45, 7) is 4.41. The quantitative estimate of drug-likeness (QED) is 0.762. The Morgan fingerprint density at radius 1 is 1.14 bits per heavy atom. The minimum absolute atomic E-state index is 0.121. The largest absolute Gasteiger partial charge is 0.418 e. The lowest BCUT2D eigenvalue weighted by atomic mass is 10.0. The summed E-state index contributed by atoms with van der Waals surface area (Å²) in [6.07, 6.45) is -3.30. The summed E-state index contributed by atoms with van der Waals surface area (Å²) in [5.74, 6) is 0. The highest BCUT2D eigenvalue weighted by Crippen LogP contribution is 2.37. The van der Waals surface area contributed by atoms with E-state index >= 15 is 0 Å². The van der Waals surface area contributed by atoms with Gasteiger partial charge < -0.3 is 5.32 Å². The molecule has 2 aromatic carbocycles. The van der Waals surface area contributed by atoms with Crippen molar-refractivity contribution in [1.29, 1.82) is 0 Å². The molecule has 0 aromatic heterocycles. The molecule has 1 heterocycles. The molecule has 0 bridgehead atoms. The number of rotatable bonds is 5. The molecule has 0 radical (unpaired) electrons. The number of anilines is 1. The molecular formula is C20H24F3N3O2S. The van der Waals surface area contributed by atoms with Gasteiger partial charge in [0, 0.05) is 31.4 Å². The molecule has 1 aliphatic rings. The third-order valence-corrected chi connectivity index (χ3v) is 6.14. The Bertz CT molecular complexity index is 969. The molecule has 158 valence electrons. The summed E-state index contributed by atoms with van der Waals surface area (Å²) >= 11 is 0. The zero-order valence-corrected chi connectivity index (χ0v) is 16.9. The first-order valence-electron chi connectivity index (χ1n) is 9.31. The van der Waals surface area contributed by atoms with Crippen LogP contribution in [0.5, 0.6) is 0 Å².